The summed E-state index contributed by atoms with van der Waals surface area (Å²) in [6.45, 7) is 6.18. The quantitative estimate of drug-likeness (QED) is 0.741. The lowest BCUT2D eigenvalue weighted by Crippen LogP contribution is -2.38. The molecule has 0 spiro atoms. The minimum Gasteiger partial charge on any atom is -0.465 e. The Labute approximate surface area is 139 Å². The molecular weight excluding hydrogens is 288 g/mol. The Morgan fingerprint density at radius 2 is 1.91 bits per heavy atom. The predicted molar refractivity (Wildman–Crippen MR) is 91.6 cm³/mol. The third-order valence-electron chi connectivity index (χ3n) is 4.98. The Kier molecular flexibility index (Phi) is 5.97. The van der Waals surface area contributed by atoms with Gasteiger partial charge in [-0.05, 0) is 42.4 Å². The smallest absolute Gasteiger partial charge is 0.302 e. The van der Waals surface area contributed by atoms with E-state index in [1.165, 1.54) is 23.6 Å². The lowest BCUT2D eigenvalue weighted by molar-refractivity contribution is -0.143. The average molecular weight is 316 g/mol. The van der Waals surface area contributed by atoms with Crippen LogP contribution in [0.2, 0.25) is 0 Å². The second-order valence-electron chi connectivity index (χ2n) is 6.69. The van der Waals surface area contributed by atoms with Crippen LogP contribution < -0.4 is 0 Å². The van der Waals surface area contributed by atoms with Crippen LogP contribution in [0.1, 0.15) is 69.6 Å². The van der Waals surface area contributed by atoms with E-state index in [1.54, 1.807) is 0 Å². The molecule has 1 saturated carbocycles. The van der Waals surface area contributed by atoms with Crippen LogP contribution in [-0.4, -0.2) is 18.4 Å². The molecule has 0 saturated heterocycles. The summed E-state index contributed by atoms with van der Waals surface area (Å²) in [6, 6.07) is 6.72. The van der Waals surface area contributed by atoms with Gasteiger partial charge in [-0.3, -0.25) is 9.59 Å². The monoisotopic (exact) mass is 316 g/mol. The average Bonchev–Trinajstić information content (AvgIpc) is 2.55. The number of benzene rings is 1. The van der Waals surface area contributed by atoms with Gasteiger partial charge in [0, 0.05) is 25.2 Å². The molecule has 0 aliphatic heterocycles. The van der Waals surface area contributed by atoms with Gasteiger partial charge in [0.1, 0.15) is 12.4 Å². The summed E-state index contributed by atoms with van der Waals surface area (Å²) in [5.74, 6) is 0.0789. The molecule has 1 fully saturated rings. The zero-order valence-electron chi connectivity index (χ0n) is 14.6. The van der Waals surface area contributed by atoms with Gasteiger partial charge in [-0.15, -0.1) is 0 Å². The molecule has 0 amide bonds. The highest BCUT2D eigenvalue weighted by Crippen LogP contribution is 2.41. The standard InChI is InChI=1S/C20H28O3/c1-4-6-16-7-8-17(5-2)19(13-16)20(14-23-15(3)21)11-9-18(22)10-12-20/h7-8,13H,4-6,9-12,14H2,1-3H3. The molecule has 0 atom stereocenters. The van der Waals surface area contributed by atoms with Crippen LogP contribution >= 0.6 is 0 Å². The fourth-order valence-corrected chi connectivity index (χ4v) is 3.61. The zero-order chi connectivity index (χ0) is 16.9. The minimum atomic E-state index is -0.246. The van der Waals surface area contributed by atoms with Crippen molar-refractivity contribution in [1.29, 1.82) is 0 Å². The van der Waals surface area contributed by atoms with Gasteiger partial charge in [0.25, 0.3) is 0 Å². The molecule has 2 rings (SSSR count). The van der Waals surface area contributed by atoms with Crippen molar-refractivity contribution >= 4 is 11.8 Å². The van der Waals surface area contributed by atoms with Gasteiger partial charge >= 0.3 is 5.97 Å². The highest BCUT2D eigenvalue weighted by Gasteiger charge is 2.39. The Morgan fingerprint density at radius 3 is 2.48 bits per heavy atom. The van der Waals surface area contributed by atoms with Crippen LogP contribution in [0.15, 0.2) is 18.2 Å². The largest absolute Gasteiger partial charge is 0.465 e. The Hall–Kier alpha value is -1.64. The maximum Gasteiger partial charge on any atom is 0.302 e. The van der Waals surface area contributed by atoms with Crippen molar-refractivity contribution in [2.24, 2.45) is 0 Å². The minimum absolute atomic E-state index is 0.200. The van der Waals surface area contributed by atoms with E-state index in [4.69, 9.17) is 4.74 Å². The zero-order valence-corrected chi connectivity index (χ0v) is 14.6. The summed E-state index contributed by atoms with van der Waals surface area (Å²) in [4.78, 5) is 23.1. The third-order valence-corrected chi connectivity index (χ3v) is 4.98. The summed E-state index contributed by atoms with van der Waals surface area (Å²) < 4.78 is 5.42. The predicted octanol–water partition coefficient (Wildman–Crippen LogP) is 4.15. The van der Waals surface area contributed by atoms with E-state index >= 15 is 0 Å². The lowest BCUT2D eigenvalue weighted by Gasteiger charge is -2.38. The fraction of sp³-hybridized carbons (Fsp3) is 0.600. The fourth-order valence-electron chi connectivity index (χ4n) is 3.61. The van der Waals surface area contributed by atoms with Crippen LogP contribution in [0.25, 0.3) is 0 Å². The number of hydrogen-bond acceptors (Lipinski definition) is 3. The highest BCUT2D eigenvalue weighted by molar-refractivity contribution is 5.79. The molecule has 3 nitrogen and oxygen atoms in total. The third kappa shape index (κ3) is 4.21. The first kappa shape index (κ1) is 17.7. The van der Waals surface area contributed by atoms with E-state index in [-0.39, 0.29) is 11.4 Å². The van der Waals surface area contributed by atoms with Crippen molar-refractivity contribution in [3.63, 3.8) is 0 Å². The van der Waals surface area contributed by atoms with Crippen LogP contribution in [-0.2, 0) is 32.6 Å². The molecule has 1 aliphatic carbocycles. The second-order valence-corrected chi connectivity index (χ2v) is 6.69. The van der Waals surface area contributed by atoms with Crippen LogP contribution in [0.4, 0.5) is 0 Å². The van der Waals surface area contributed by atoms with Crippen LogP contribution in [0.5, 0.6) is 0 Å². The van der Waals surface area contributed by atoms with Crippen molar-refractivity contribution in [1.82, 2.24) is 0 Å². The summed E-state index contributed by atoms with van der Waals surface area (Å²) in [6.07, 6.45) is 5.85. The molecule has 0 aromatic heterocycles. The number of esters is 1. The number of Topliss-reactive ketones (excluding diaryl/α,β-unsaturated/α-hetero) is 1. The van der Waals surface area contributed by atoms with E-state index in [2.05, 4.69) is 32.0 Å². The van der Waals surface area contributed by atoms with Gasteiger partial charge in [-0.1, -0.05) is 38.5 Å². The van der Waals surface area contributed by atoms with Crippen LogP contribution in [0.3, 0.4) is 0 Å². The summed E-state index contributed by atoms with van der Waals surface area (Å²) >= 11 is 0. The van der Waals surface area contributed by atoms with Crippen LogP contribution in [0, 0.1) is 0 Å². The van der Waals surface area contributed by atoms with E-state index < -0.39 is 0 Å². The van der Waals surface area contributed by atoms with Gasteiger partial charge in [0.2, 0.25) is 0 Å². The SMILES string of the molecule is CCCc1ccc(CC)c(C2(COC(C)=O)CCC(=O)CC2)c1. The topological polar surface area (TPSA) is 43.4 Å². The molecular formula is C20H28O3. The molecule has 23 heavy (non-hydrogen) atoms. The number of carbonyl (C=O) groups is 2. The first-order valence-electron chi connectivity index (χ1n) is 8.78. The molecule has 0 radical (unpaired) electrons. The summed E-state index contributed by atoms with van der Waals surface area (Å²) in [7, 11) is 0. The van der Waals surface area contributed by atoms with E-state index in [0.717, 1.165) is 32.1 Å². The lowest BCUT2D eigenvalue weighted by atomic mass is 9.67. The number of hydrogen-bond donors (Lipinski definition) is 0. The van der Waals surface area contributed by atoms with Gasteiger partial charge in [0.05, 0.1) is 0 Å². The van der Waals surface area contributed by atoms with Crippen molar-refractivity contribution in [2.75, 3.05) is 6.61 Å². The first-order valence-corrected chi connectivity index (χ1v) is 8.78. The Morgan fingerprint density at radius 1 is 1.22 bits per heavy atom. The molecule has 1 aromatic carbocycles. The normalized spacial score (nSPS) is 17.1. The van der Waals surface area contributed by atoms with E-state index in [1.807, 2.05) is 0 Å². The van der Waals surface area contributed by atoms with Gasteiger partial charge in [-0.25, -0.2) is 0 Å². The first-order chi connectivity index (χ1) is 11.0. The molecule has 0 unspecified atom stereocenters. The van der Waals surface area contributed by atoms with Crippen molar-refractivity contribution in [3.8, 4) is 0 Å². The Bertz CT molecular complexity index is 564. The Balaban J connectivity index is 2.42. The van der Waals surface area contributed by atoms with E-state index in [0.29, 0.717) is 25.2 Å². The van der Waals surface area contributed by atoms with Crippen molar-refractivity contribution in [2.45, 2.75) is 71.1 Å². The molecule has 1 aromatic rings. The van der Waals surface area contributed by atoms with Crippen molar-refractivity contribution < 1.29 is 14.3 Å². The van der Waals surface area contributed by atoms with Gasteiger partial charge in [-0.2, -0.15) is 0 Å². The molecule has 0 bridgehead atoms. The summed E-state index contributed by atoms with van der Waals surface area (Å²) in [5.41, 5.74) is 3.74. The molecule has 3 heteroatoms. The number of ketones is 1. The van der Waals surface area contributed by atoms with Crippen molar-refractivity contribution in [3.05, 3.63) is 34.9 Å². The number of carbonyl (C=O) groups excluding carboxylic acids is 2. The second kappa shape index (κ2) is 7.76. The number of ether oxygens (including phenoxy) is 1. The maximum absolute atomic E-state index is 11.7. The molecule has 0 N–H and O–H groups in total. The summed E-state index contributed by atoms with van der Waals surface area (Å²) in [5, 5.41) is 0. The van der Waals surface area contributed by atoms with Gasteiger partial charge in [0.15, 0.2) is 0 Å². The molecule has 0 heterocycles. The number of rotatable bonds is 6. The van der Waals surface area contributed by atoms with Gasteiger partial charge < -0.3 is 4.74 Å². The molecule has 126 valence electrons. The highest BCUT2D eigenvalue weighted by atomic mass is 16.5. The van der Waals surface area contributed by atoms with E-state index in [9.17, 15) is 9.59 Å². The molecule has 1 aliphatic rings. The maximum atomic E-state index is 11.7. The number of aryl methyl sites for hydroxylation is 2.